The van der Waals surface area contributed by atoms with Gasteiger partial charge in [-0.2, -0.15) is 0 Å². The van der Waals surface area contributed by atoms with E-state index in [1.54, 1.807) is 7.11 Å². The van der Waals surface area contributed by atoms with Crippen molar-refractivity contribution in [3.8, 4) is 23.3 Å². The van der Waals surface area contributed by atoms with Crippen molar-refractivity contribution in [3.05, 3.63) is 23.8 Å². The Hall–Kier alpha value is -1.33. The van der Waals surface area contributed by atoms with Crippen molar-refractivity contribution in [2.24, 2.45) is 11.8 Å². The summed E-state index contributed by atoms with van der Waals surface area (Å²) < 4.78 is 11.5. The first-order valence-corrected chi connectivity index (χ1v) is 8.07. The van der Waals surface area contributed by atoms with E-state index >= 15 is 0 Å². The average Bonchev–Trinajstić information content (AvgIpc) is 2.50. The molecule has 0 heterocycles. The second-order valence-electron chi connectivity index (χ2n) is 5.80. The molecule has 0 aliphatic heterocycles. The maximum Gasteiger partial charge on any atom is 0.135 e. The molecule has 1 aromatic rings. The van der Waals surface area contributed by atoms with E-state index in [0.29, 0.717) is 11.8 Å². The van der Waals surface area contributed by atoms with Crippen molar-refractivity contribution in [2.75, 3.05) is 13.0 Å². The highest BCUT2D eigenvalue weighted by atomic mass is 35.5. The largest absolute Gasteiger partial charge is 0.497 e. The maximum atomic E-state index is 6.20. The number of halogens is 1. The lowest BCUT2D eigenvalue weighted by atomic mass is 9.80. The van der Waals surface area contributed by atoms with Crippen molar-refractivity contribution in [1.29, 1.82) is 0 Å². The Labute approximate surface area is 132 Å². The molecule has 1 aliphatic carbocycles. The first-order valence-electron chi connectivity index (χ1n) is 7.53. The molecule has 3 atom stereocenters. The number of ether oxygens (including phenoxy) is 2. The lowest BCUT2D eigenvalue weighted by molar-refractivity contribution is 0.100. The van der Waals surface area contributed by atoms with Crippen LogP contribution in [-0.4, -0.2) is 19.1 Å². The third-order valence-electron chi connectivity index (χ3n) is 4.32. The standard InChI is InChI=1S/C18H23ClO2/c1-13-6-7-17(11-14(13)2)21-18-9-8-16(20-3)12-15(18)5-4-10-19/h8-9,12-14,17H,6-7,10-11H2,1-3H3. The summed E-state index contributed by atoms with van der Waals surface area (Å²) in [5.74, 6) is 9.38. The molecule has 1 aromatic carbocycles. The van der Waals surface area contributed by atoms with Gasteiger partial charge in [-0.3, -0.25) is 0 Å². The Morgan fingerprint density at radius 2 is 2.05 bits per heavy atom. The van der Waals surface area contributed by atoms with Gasteiger partial charge in [0.1, 0.15) is 11.5 Å². The third-order valence-corrected chi connectivity index (χ3v) is 4.45. The predicted molar refractivity (Wildman–Crippen MR) is 87.2 cm³/mol. The highest BCUT2D eigenvalue weighted by Gasteiger charge is 2.26. The zero-order valence-corrected chi connectivity index (χ0v) is 13.7. The molecule has 21 heavy (non-hydrogen) atoms. The molecule has 1 fully saturated rings. The molecular formula is C18H23ClO2. The SMILES string of the molecule is COc1ccc(OC2CCC(C)C(C)C2)c(C#CCCl)c1. The Bertz CT molecular complexity index is 530. The van der Waals surface area contributed by atoms with Gasteiger partial charge in [-0.15, -0.1) is 11.6 Å². The second-order valence-corrected chi connectivity index (χ2v) is 6.07. The van der Waals surface area contributed by atoms with Crippen LogP contribution in [0, 0.1) is 23.7 Å². The summed E-state index contributed by atoms with van der Waals surface area (Å²) in [7, 11) is 1.65. The van der Waals surface area contributed by atoms with Gasteiger partial charge in [0.05, 0.1) is 24.7 Å². The molecule has 1 saturated carbocycles. The van der Waals surface area contributed by atoms with Crippen LogP contribution in [0.25, 0.3) is 0 Å². The minimum Gasteiger partial charge on any atom is -0.497 e. The lowest BCUT2D eigenvalue weighted by Crippen LogP contribution is -2.28. The van der Waals surface area contributed by atoms with E-state index in [1.165, 1.54) is 6.42 Å². The number of methoxy groups -OCH3 is 1. The van der Waals surface area contributed by atoms with E-state index < -0.39 is 0 Å². The summed E-state index contributed by atoms with van der Waals surface area (Å²) in [6.45, 7) is 4.63. The predicted octanol–water partition coefficient (Wildman–Crippen LogP) is 4.49. The molecule has 2 rings (SSSR count). The number of hydrogen-bond donors (Lipinski definition) is 0. The fraction of sp³-hybridized carbons (Fsp3) is 0.556. The molecule has 0 aromatic heterocycles. The van der Waals surface area contributed by atoms with Gasteiger partial charge in [0.25, 0.3) is 0 Å². The first-order chi connectivity index (χ1) is 10.1. The van der Waals surface area contributed by atoms with Crippen molar-refractivity contribution in [2.45, 2.75) is 39.2 Å². The fourth-order valence-electron chi connectivity index (χ4n) is 2.75. The molecule has 0 bridgehead atoms. The summed E-state index contributed by atoms with van der Waals surface area (Å²) in [6.07, 6.45) is 3.72. The van der Waals surface area contributed by atoms with Crippen LogP contribution in [-0.2, 0) is 0 Å². The minimum atomic E-state index is 0.279. The van der Waals surface area contributed by atoms with Crippen molar-refractivity contribution >= 4 is 11.6 Å². The van der Waals surface area contributed by atoms with E-state index in [2.05, 4.69) is 25.7 Å². The highest BCUT2D eigenvalue weighted by molar-refractivity contribution is 6.19. The van der Waals surface area contributed by atoms with Gasteiger partial charge >= 0.3 is 0 Å². The van der Waals surface area contributed by atoms with E-state index in [-0.39, 0.29) is 6.10 Å². The van der Waals surface area contributed by atoms with Crippen LogP contribution in [0.1, 0.15) is 38.7 Å². The summed E-state index contributed by atoms with van der Waals surface area (Å²) in [6, 6.07) is 5.76. The average molecular weight is 307 g/mol. The summed E-state index contributed by atoms with van der Waals surface area (Å²) in [5.41, 5.74) is 0.848. The molecule has 114 valence electrons. The van der Waals surface area contributed by atoms with E-state index in [1.807, 2.05) is 18.2 Å². The van der Waals surface area contributed by atoms with Gasteiger partial charge in [-0.1, -0.05) is 25.7 Å². The number of rotatable bonds is 3. The molecular weight excluding hydrogens is 284 g/mol. The number of alkyl halides is 1. The van der Waals surface area contributed by atoms with Crippen LogP contribution in [0.5, 0.6) is 11.5 Å². The monoisotopic (exact) mass is 306 g/mol. The van der Waals surface area contributed by atoms with Crippen LogP contribution in [0.15, 0.2) is 18.2 Å². The molecule has 0 amide bonds. The molecule has 2 nitrogen and oxygen atoms in total. The smallest absolute Gasteiger partial charge is 0.135 e. The molecule has 0 spiro atoms. The molecule has 0 saturated heterocycles. The van der Waals surface area contributed by atoms with Crippen molar-refractivity contribution < 1.29 is 9.47 Å². The Morgan fingerprint density at radius 3 is 2.71 bits per heavy atom. The van der Waals surface area contributed by atoms with Crippen LogP contribution in [0.2, 0.25) is 0 Å². The summed E-state index contributed by atoms with van der Waals surface area (Å²) in [4.78, 5) is 0. The van der Waals surface area contributed by atoms with Gasteiger partial charge in [0.2, 0.25) is 0 Å². The van der Waals surface area contributed by atoms with Gasteiger partial charge < -0.3 is 9.47 Å². The second kappa shape index (κ2) is 7.61. The van der Waals surface area contributed by atoms with Crippen LogP contribution >= 0.6 is 11.6 Å². The van der Waals surface area contributed by atoms with Crippen LogP contribution < -0.4 is 9.47 Å². The van der Waals surface area contributed by atoms with E-state index in [0.717, 1.165) is 35.8 Å². The van der Waals surface area contributed by atoms with Crippen molar-refractivity contribution in [1.82, 2.24) is 0 Å². The fourth-order valence-corrected chi connectivity index (χ4v) is 2.82. The highest BCUT2D eigenvalue weighted by Crippen LogP contribution is 2.33. The van der Waals surface area contributed by atoms with Gasteiger partial charge in [0.15, 0.2) is 0 Å². The van der Waals surface area contributed by atoms with E-state index in [4.69, 9.17) is 21.1 Å². The summed E-state index contributed by atoms with van der Waals surface area (Å²) in [5, 5.41) is 0. The molecule has 0 N–H and O–H groups in total. The quantitative estimate of drug-likeness (QED) is 0.605. The Morgan fingerprint density at radius 1 is 1.24 bits per heavy atom. The zero-order chi connectivity index (χ0) is 15.2. The third kappa shape index (κ3) is 4.32. The Kier molecular flexibility index (Phi) is 5.82. The molecule has 3 unspecified atom stereocenters. The van der Waals surface area contributed by atoms with E-state index in [9.17, 15) is 0 Å². The topological polar surface area (TPSA) is 18.5 Å². The normalized spacial score (nSPS) is 24.9. The Balaban J connectivity index is 2.15. The molecule has 1 aliphatic rings. The summed E-state index contributed by atoms with van der Waals surface area (Å²) >= 11 is 5.66. The van der Waals surface area contributed by atoms with Gasteiger partial charge in [-0.25, -0.2) is 0 Å². The lowest BCUT2D eigenvalue weighted by Gasteiger charge is -2.32. The molecule has 3 heteroatoms. The maximum absolute atomic E-state index is 6.20. The van der Waals surface area contributed by atoms with Crippen LogP contribution in [0.4, 0.5) is 0 Å². The van der Waals surface area contributed by atoms with Crippen molar-refractivity contribution in [3.63, 3.8) is 0 Å². The number of hydrogen-bond acceptors (Lipinski definition) is 2. The zero-order valence-electron chi connectivity index (χ0n) is 13.0. The first kappa shape index (κ1) is 16.0. The molecule has 0 radical (unpaired) electrons. The van der Waals surface area contributed by atoms with Gasteiger partial charge in [0, 0.05) is 0 Å². The van der Waals surface area contributed by atoms with Gasteiger partial charge in [-0.05, 0) is 49.3 Å². The minimum absolute atomic E-state index is 0.279. The van der Waals surface area contributed by atoms with Crippen LogP contribution in [0.3, 0.4) is 0 Å². The number of benzene rings is 1.